The van der Waals surface area contributed by atoms with Crippen LogP contribution in [-0.4, -0.2) is 11.8 Å². The number of amides is 2. The zero-order valence-electron chi connectivity index (χ0n) is 11.9. The first-order valence-electron chi connectivity index (χ1n) is 6.67. The minimum atomic E-state index is -0.435. The number of rotatable bonds is 7. The molecule has 4 N–H and O–H groups in total. The normalized spacial score (nSPS) is 12.4. The molecule has 0 fully saturated rings. The van der Waals surface area contributed by atoms with Gasteiger partial charge in [-0.15, -0.1) is 0 Å². The molecule has 2 amide bonds. The van der Waals surface area contributed by atoms with Crippen LogP contribution >= 0.6 is 11.6 Å². The molecule has 0 radical (unpaired) electrons. The van der Waals surface area contributed by atoms with Crippen LogP contribution in [0.25, 0.3) is 0 Å². The van der Waals surface area contributed by atoms with Gasteiger partial charge >= 0.3 is 0 Å². The molecule has 0 spiro atoms. The largest absolute Gasteiger partial charge is 0.370 e. The summed E-state index contributed by atoms with van der Waals surface area (Å²) in [6.45, 7) is 4.18. The fraction of sp³-hybridized carbons (Fsp3) is 0.467. The first-order chi connectivity index (χ1) is 9.31. The Bertz CT molecular complexity index is 501. The molecule has 4 nitrogen and oxygen atoms in total. The third-order valence-corrected chi connectivity index (χ3v) is 3.70. The molecule has 0 heterocycles. The van der Waals surface area contributed by atoms with Gasteiger partial charge in [-0.05, 0) is 36.0 Å². The Hall–Kier alpha value is -1.55. The van der Waals surface area contributed by atoms with Crippen LogP contribution in [0.15, 0.2) is 18.2 Å². The van der Waals surface area contributed by atoms with Crippen molar-refractivity contribution in [2.24, 2.45) is 17.4 Å². The van der Waals surface area contributed by atoms with Gasteiger partial charge in [0.2, 0.25) is 11.8 Å². The van der Waals surface area contributed by atoms with Crippen LogP contribution < -0.4 is 11.5 Å². The van der Waals surface area contributed by atoms with Crippen molar-refractivity contribution in [2.45, 2.75) is 39.0 Å². The first-order valence-corrected chi connectivity index (χ1v) is 7.05. The zero-order chi connectivity index (χ0) is 15.3. The molecule has 0 bridgehead atoms. The summed E-state index contributed by atoms with van der Waals surface area (Å²) in [7, 11) is 0. The second-order valence-corrected chi connectivity index (χ2v) is 5.72. The average molecular weight is 297 g/mol. The molecular formula is C15H21ClN2O2. The molecule has 0 saturated carbocycles. The van der Waals surface area contributed by atoms with Crippen molar-refractivity contribution in [1.29, 1.82) is 0 Å². The fourth-order valence-electron chi connectivity index (χ4n) is 2.02. The summed E-state index contributed by atoms with van der Waals surface area (Å²) in [4.78, 5) is 22.2. The van der Waals surface area contributed by atoms with E-state index in [9.17, 15) is 9.59 Å². The number of carbonyl (C=O) groups excluding carboxylic acids is 2. The Morgan fingerprint density at radius 1 is 1.25 bits per heavy atom. The first kappa shape index (κ1) is 16.5. The maximum Gasteiger partial charge on any atom is 0.220 e. The number of primary amides is 2. The van der Waals surface area contributed by atoms with Crippen molar-refractivity contribution >= 4 is 23.4 Å². The average Bonchev–Trinajstić information content (AvgIpc) is 2.35. The summed E-state index contributed by atoms with van der Waals surface area (Å²) in [6, 6.07) is 5.82. The molecule has 1 rings (SSSR count). The van der Waals surface area contributed by atoms with E-state index in [-0.39, 0.29) is 6.42 Å². The monoisotopic (exact) mass is 296 g/mol. The minimum Gasteiger partial charge on any atom is -0.370 e. The second-order valence-electron chi connectivity index (χ2n) is 5.31. The Labute approximate surface area is 124 Å². The standard InChI is InChI=1S/C15H21ClN2O2/c1-9(2)10-3-4-11(13(16)8-10)7-12(15(18)20)5-6-14(17)19/h3-4,8-9,12H,5-7H2,1-2H3,(H2,17,19)(H2,18,20). The van der Waals surface area contributed by atoms with Gasteiger partial charge in [0.05, 0.1) is 0 Å². The van der Waals surface area contributed by atoms with E-state index in [2.05, 4.69) is 13.8 Å². The molecule has 110 valence electrons. The van der Waals surface area contributed by atoms with E-state index in [4.69, 9.17) is 23.1 Å². The van der Waals surface area contributed by atoms with Crippen molar-refractivity contribution in [2.75, 3.05) is 0 Å². The highest BCUT2D eigenvalue weighted by molar-refractivity contribution is 6.31. The van der Waals surface area contributed by atoms with Crippen LogP contribution in [0.1, 0.15) is 43.7 Å². The highest BCUT2D eigenvalue weighted by Crippen LogP contribution is 2.25. The van der Waals surface area contributed by atoms with Gasteiger partial charge in [-0.25, -0.2) is 0 Å². The Kier molecular flexibility index (Phi) is 6.02. The van der Waals surface area contributed by atoms with Gasteiger partial charge in [0.1, 0.15) is 0 Å². The summed E-state index contributed by atoms with van der Waals surface area (Å²) in [5.74, 6) is -0.902. The van der Waals surface area contributed by atoms with Crippen LogP contribution in [0.3, 0.4) is 0 Å². The molecule has 20 heavy (non-hydrogen) atoms. The lowest BCUT2D eigenvalue weighted by atomic mass is 9.92. The lowest BCUT2D eigenvalue weighted by molar-refractivity contribution is -0.122. The van der Waals surface area contributed by atoms with Gasteiger partial charge in [-0.1, -0.05) is 37.6 Å². The molecule has 1 atom stereocenters. The van der Waals surface area contributed by atoms with Crippen molar-refractivity contribution < 1.29 is 9.59 Å². The molecular weight excluding hydrogens is 276 g/mol. The predicted molar refractivity (Wildman–Crippen MR) is 80.4 cm³/mol. The second kappa shape index (κ2) is 7.29. The van der Waals surface area contributed by atoms with Crippen LogP contribution in [0.4, 0.5) is 0 Å². The number of hydrogen-bond donors (Lipinski definition) is 2. The van der Waals surface area contributed by atoms with Gasteiger partial charge in [-0.2, -0.15) is 0 Å². The quantitative estimate of drug-likeness (QED) is 0.809. The maximum atomic E-state index is 11.4. The SMILES string of the molecule is CC(C)c1ccc(CC(CCC(N)=O)C(N)=O)c(Cl)c1. The molecule has 0 saturated heterocycles. The smallest absolute Gasteiger partial charge is 0.220 e. The maximum absolute atomic E-state index is 11.4. The van der Waals surface area contributed by atoms with Crippen molar-refractivity contribution in [1.82, 2.24) is 0 Å². The van der Waals surface area contributed by atoms with E-state index in [0.29, 0.717) is 23.8 Å². The molecule has 0 aliphatic rings. The van der Waals surface area contributed by atoms with E-state index in [1.807, 2.05) is 18.2 Å². The topological polar surface area (TPSA) is 86.2 Å². The van der Waals surface area contributed by atoms with Crippen LogP contribution in [0, 0.1) is 5.92 Å². The van der Waals surface area contributed by atoms with Gasteiger partial charge in [0, 0.05) is 17.4 Å². The van der Waals surface area contributed by atoms with Crippen LogP contribution in [-0.2, 0) is 16.0 Å². The zero-order valence-corrected chi connectivity index (χ0v) is 12.6. The van der Waals surface area contributed by atoms with Crippen molar-refractivity contribution in [3.8, 4) is 0 Å². The third-order valence-electron chi connectivity index (χ3n) is 3.35. The van der Waals surface area contributed by atoms with Crippen LogP contribution in [0.2, 0.25) is 5.02 Å². The molecule has 0 aromatic heterocycles. The Balaban J connectivity index is 2.83. The van der Waals surface area contributed by atoms with E-state index < -0.39 is 17.7 Å². The van der Waals surface area contributed by atoms with E-state index >= 15 is 0 Å². The summed E-state index contributed by atoms with van der Waals surface area (Å²) in [5, 5.41) is 0.626. The summed E-state index contributed by atoms with van der Waals surface area (Å²) in [5.41, 5.74) is 12.5. The van der Waals surface area contributed by atoms with E-state index in [1.54, 1.807) is 0 Å². The molecule has 1 aromatic carbocycles. The lowest BCUT2D eigenvalue weighted by Crippen LogP contribution is -2.26. The Morgan fingerprint density at radius 3 is 2.35 bits per heavy atom. The van der Waals surface area contributed by atoms with E-state index in [1.165, 1.54) is 0 Å². The van der Waals surface area contributed by atoms with Crippen LogP contribution in [0.5, 0.6) is 0 Å². The highest BCUT2D eigenvalue weighted by atomic mass is 35.5. The number of halogens is 1. The Morgan fingerprint density at radius 2 is 1.90 bits per heavy atom. The number of hydrogen-bond acceptors (Lipinski definition) is 2. The predicted octanol–water partition coefficient (Wildman–Crippen LogP) is 2.37. The molecule has 5 heteroatoms. The summed E-state index contributed by atoms with van der Waals surface area (Å²) in [6.07, 6.45) is 0.933. The third kappa shape index (κ3) is 4.85. The highest BCUT2D eigenvalue weighted by Gasteiger charge is 2.18. The summed E-state index contributed by atoms with van der Waals surface area (Å²) < 4.78 is 0. The van der Waals surface area contributed by atoms with Crippen molar-refractivity contribution in [3.63, 3.8) is 0 Å². The van der Waals surface area contributed by atoms with Gasteiger partial charge in [0.25, 0.3) is 0 Å². The van der Waals surface area contributed by atoms with Gasteiger partial charge in [-0.3, -0.25) is 9.59 Å². The minimum absolute atomic E-state index is 0.148. The molecule has 1 aromatic rings. The number of nitrogens with two attached hydrogens (primary N) is 2. The molecule has 0 aliphatic heterocycles. The fourth-order valence-corrected chi connectivity index (χ4v) is 2.28. The van der Waals surface area contributed by atoms with E-state index in [0.717, 1.165) is 11.1 Å². The molecule has 0 aliphatic carbocycles. The van der Waals surface area contributed by atoms with Crippen molar-refractivity contribution in [3.05, 3.63) is 34.3 Å². The lowest BCUT2D eigenvalue weighted by Gasteiger charge is -2.15. The summed E-state index contributed by atoms with van der Waals surface area (Å²) >= 11 is 6.24. The van der Waals surface area contributed by atoms with Gasteiger partial charge in [0.15, 0.2) is 0 Å². The number of carbonyl (C=O) groups is 2. The molecule has 1 unspecified atom stereocenters. The number of benzene rings is 1. The van der Waals surface area contributed by atoms with Gasteiger partial charge < -0.3 is 11.5 Å².